The van der Waals surface area contributed by atoms with Crippen molar-refractivity contribution in [2.45, 2.75) is 6.61 Å². The van der Waals surface area contributed by atoms with E-state index in [9.17, 15) is 9.18 Å². The van der Waals surface area contributed by atoms with E-state index in [1.165, 1.54) is 18.2 Å². The van der Waals surface area contributed by atoms with E-state index in [0.29, 0.717) is 18.7 Å². The molecule has 1 heterocycles. The Morgan fingerprint density at radius 3 is 2.76 bits per heavy atom. The lowest BCUT2D eigenvalue weighted by molar-refractivity contribution is 0.0735. The number of aliphatic hydroxyl groups excluding tert-OH is 1. The Kier molecular flexibility index (Phi) is 3.71. The third-order valence-corrected chi connectivity index (χ3v) is 2.87. The van der Waals surface area contributed by atoms with Crippen LogP contribution in [0.5, 0.6) is 0 Å². The first-order valence-corrected chi connectivity index (χ1v) is 5.61. The number of carbonyl (C=O) groups excluding carboxylic acids is 1. The maximum absolute atomic E-state index is 13.2. The molecule has 5 heteroatoms. The predicted octanol–water partition coefficient (Wildman–Crippen LogP) is 0.363. The molecule has 1 aliphatic heterocycles. The monoisotopic (exact) mass is 238 g/mol. The molecule has 0 spiro atoms. The normalized spacial score (nSPS) is 16.0. The lowest BCUT2D eigenvalue weighted by Gasteiger charge is -2.27. The van der Waals surface area contributed by atoms with Gasteiger partial charge in [0.25, 0.3) is 5.91 Å². The van der Waals surface area contributed by atoms with Crippen LogP contribution in [0.2, 0.25) is 0 Å². The van der Waals surface area contributed by atoms with Gasteiger partial charge in [-0.25, -0.2) is 4.39 Å². The zero-order chi connectivity index (χ0) is 12.3. The summed E-state index contributed by atoms with van der Waals surface area (Å²) in [5.74, 6) is -0.592. The summed E-state index contributed by atoms with van der Waals surface area (Å²) in [5.41, 5.74) is 0.586. The highest BCUT2D eigenvalue weighted by Gasteiger charge is 2.18. The van der Waals surface area contributed by atoms with Gasteiger partial charge in [0.05, 0.1) is 6.61 Å². The SMILES string of the molecule is O=C(c1ccc(F)c(CO)c1)N1CCNCC1. The van der Waals surface area contributed by atoms with Gasteiger partial charge in [0.2, 0.25) is 0 Å². The molecule has 0 unspecified atom stereocenters. The Labute approximate surface area is 99.0 Å². The van der Waals surface area contributed by atoms with Gasteiger partial charge in [0.15, 0.2) is 0 Å². The highest BCUT2D eigenvalue weighted by Crippen LogP contribution is 2.13. The van der Waals surface area contributed by atoms with Crippen molar-refractivity contribution in [2.75, 3.05) is 26.2 Å². The Balaban J connectivity index is 2.18. The van der Waals surface area contributed by atoms with Gasteiger partial charge < -0.3 is 15.3 Å². The van der Waals surface area contributed by atoms with Gasteiger partial charge in [-0.1, -0.05) is 0 Å². The smallest absolute Gasteiger partial charge is 0.253 e. The Bertz CT molecular complexity index is 417. The number of amides is 1. The maximum atomic E-state index is 13.2. The number of nitrogens with zero attached hydrogens (tertiary/aromatic N) is 1. The van der Waals surface area contributed by atoms with E-state index < -0.39 is 12.4 Å². The molecule has 17 heavy (non-hydrogen) atoms. The zero-order valence-corrected chi connectivity index (χ0v) is 9.45. The van der Waals surface area contributed by atoms with Crippen LogP contribution in [0.15, 0.2) is 18.2 Å². The van der Waals surface area contributed by atoms with Gasteiger partial charge >= 0.3 is 0 Å². The minimum Gasteiger partial charge on any atom is -0.392 e. The van der Waals surface area contributed by atoms with Crippen LogP contribution in [0.3, 0.4) is 0 Å². The summed E-state index contributed by atoms with van der Waals surface area (Å²) >= 11 is 0. The zero-order valence-electron chi connectivity index (χ0n) is 9.45. The van der Waals surface area contributed by atoms with Crippen molar-refractivity contribution in [3.8, 4) is 0 Å². The Morgan fingerprint density at radius 2 is 2.12 bits per heavy atom. The fourth-order valence-corrected chi connectivity index (χ4v) is 1.88. The second kappa shape index (κ2) is 5.25. The molecule has 92 valence electrons. The molecular weight excluding hydrogens is 223 g/mol. The van der Waals surface area contributed by atoms with E-state index in [4.69, 9.17) is 5.11 Å². The predicted molar refractivity (Wildman–Crippen MR) is 61.1 cm³/mol. The molecule has 0 bridgehead atoms. The second-order valence-electron chi connectivity index (χ2n) is 4.01. The van der Waals surface area contributed by atoms with Crippen molar-refractivity contribution in [1.29, 1.82) is 0 Å². The number of carbonyl (C=O) groups is 1. The van der Waals surface area contributed by atoms with Crippen LogP contribution in [0, 0.1) is 5.82 Å². The van der Waals surface area contributed by atoms with Gasteiger partial charge in [0.1, 0.15) is 5.82 Å². The lowest BCUT2D eigenvalue weighted by Crippen LogP contribution is -2.46. The third kappa shape index (κ3) is 2.62. The van der Waals surface area contributed by atoms with Crippen LogP contribution in [-0.4, -0.2) is 42.1 Å². The second-order valence-corrected chi connectivity index (χ2v) is 4.01. The van der Waals surface area contributed by atoms with E-state index in [-0.39, 0.29) is 11.5 Å². The van der Waals surface area contributed by atoms with Crippen molar-refractivity contribution in [3.63, 3.8) is 0 Å². The molecule has 0 aliphatic carbocycles. The number of aliphatic hydroxyl groups is 1. The maximum Gasteiger partial charge on any atom is 0.253 e. The standard InChI is InChI=1S/C12H15FN2O2/c13-11-2-1-9(7-10(11)8-16)12(17)15-5-3-14-4-6-15/h1-2,7,14,16H,3-6,8H2. The molecule has 0 aromatic heterocycles. The minimum atomic E-state index is -0.482. The van der Waals surface area contributed by atoms with Gasteiger partial charge in [-0.15, -0.1) is 0 Å². The highest BCUT2D eigenvalue weighted by atomic mass is 19.1. The first-order valence-electron chi connectivity index (χ1n) is 5.61. The molecular formula is C12H15FN2O2. The van der Waals surface area contributed by atoms with E-state index in [1.54, 1.807) is 4.90 Å². The molecule has 4 nitrogen and oxygen atoms in total. The van der Waals surface area contributed by atoms with Crippen LogP contribution in [0.4, 0.5) is 4.39 Å². The molecule has 0 radical (unpaired) electrons. The van der Waals surface area contributed by atoms with Crippen molar-refractivity contribution in [2.24, 2.45) is 0 Å². The summed E-state index contributed by atoms with van der Waals surface area (Å²) in [6.07, 6.45) is 0. The quantitative estimate of drug-likeness (QED) is 0.782. The number of hydrogen-bond donors (Lipinski definition) is 2. The number of halogens is 1. The molecule has 2 rings (SSSR count). The molecule has 1 fully saturated rings. The summed E-state index contributed by atoms with van der Waals surface area (Å²) in [4.78, 5) is 13.8. The summed E-state index contributed by atoms with van der Waals surface area (Å²) in [6, 6.07) is 4.10. The molecule has 0 saturated carbocycles. The van der Waals surface area contributed by atoms with Gasteiger partial charge in [0, 0.05) is 37.3 Å². The summed E-state index contributed by atoms with van der Waals surface area (Å²) in [6.45, 7) is 2.48. The summed E-state index contributed by atoms with van der Waals surface area (Å²) in [7, 11) is 0. The van der Waals surface area contributed by atoms with Crippen molar-refractivity contribution in [1.82, 2.24) is 10.2 Å². The van der Waals surface area contributed by atoms with Crippen LogP contribution in [0.25, 0.3) is 0 Å². The average Bonchev–Trinajstić information content (AvgIpc) is 2.39. The van der Waals surface area contributed by atoms with Crippen molar-refractivity contribution < 1.29 is 14.3 Å². The fourth-order valence-electron chi connectivity index (χ4n) is 1.88. The summed E-state index contributed by atoms with van der Waals surface area (Å²) in [5, 5.41) is 12.1. The number of hydrogen-bond acceptors (Lipinski definition) is 3. The molecule has 1 aromatic carbocycles. The molecule has 1 amide bonds. The number of benzene rings is 1. The molecule has 1 aromatic rings. The Hall–Kier alpha value is -1.46. The lowest BCUT2D eigenvalue weighted by atomic mass is 10.1. The fraction of sp³-hybridized carbons (Fsp3) is 0.417. The minimum absolute atomic E-state index is 0.110. The number of piperazine rings is 1. The van der Waals surface area contributed by atoms with Gasteiger partial charge in [-0.2, -0.15) is 0 Å². The average molecular weight is 238 g/mol. The van der Waals surface area contributed by atoms with E-state index in [1.807, 2.05) is 0 Å². The van der Waals surface area contributed by atoms with E-state index in [0.717, 1.165) is 13.1 Å². The van der Waals surface area contributed by atoms with E-state index in [2.05, 4.69) is 5.32 Å². The van der Waals surface area contributed by atoms with Crippen LogP contribution >= 0.6 is 0 Å². The van der Waals surface area contributed by atoms with Crippen LogP contribution in [-0.2, 0) is 6.61 Å². The van der Waals surface area contributed by atoms with Crippen LogP contribution < -0.4 is 5.32 Å². The first-order chi connectivity index (χ1) is 8.22. The molecule has 1 saturated heterocycles. The van der Waals surface area contributed by atoms with Crippen molar-refractivity contribution >= 4 is 5.91 Å². The highest BCUT2D eigenvalue weighted by molar-refractivity contribution is 5.94. The number of rotatable bonds is 2. The summed E-state index contributed by atoms with van der Waals surface area (Å²) < 4.78 is 13.2. The first kappa shape index (κ1) is 12.0. The molecule has 0 atom stereocenters. The number of nitrogens with one attached hydrogen (secondary N) is 1. The van der Waals surface area contributed by atoms with Crippen LogP contribution in [0.1, 0.15) is 15.9 Å². The van der Waals surface area contributed by atoms with E-state index >= 15 is 0 Å². The van der Waals surface area contributed by atoms with Gasteiger partial charge in [-0.05, 0) is 18.2 Å². The van der Waals surface area contributed by atoms with Crippen molar-refractivity contribution in [3.05, 3.63) is 35.1 Å². The van der Waals surface area contributed by atoms with Gasteiger partial charge in [-0.3, -0.25) is 4.79 Å². The third-order valence-electron chi connectivity index (χ3n) is 2.87. The Morgan fingerprint density at radius 1 is 1.41 bits per heavy atom. The molecule has 2 N–H and O–H groups in total. The largest absolute Gasteiger partial charge is 0.392 e. The topological polar surface area (TPSA) is 52.6 Å². The molecule has 1 aliphatic rings.